The molecule has 2 rings (SSSR count). The minimum Gasteiger partial charge on any atom is -0.497 e. The number of anilines is 1. The van der Waals surface area contributed by atoms with Crippen molar-refractivity contribution in [2.45, 2.75) is 9.96 Å². The molecule has 0 saturated carbocycles. The summed E-state index contributed by atoms with van der Waals surface area (Å²) in [5, 5.41) is 16.1. The van der Waals surface area contributed by atoms with E-state index in [-0.39, 0.29) is 11.3 Å². The van der Waals surface area contributed by atoms with Crippen LogP contribution >= 0.6 is 34.8 Å². The standard InChI is InChI=1S/C16H14Cl3N3O4/c1-26-13-8-4-11(5-9-13)20-15(16(17,18)19)21-14(23)10-2-6-12(7-3-10)22(24)25/h2-9,15,20H,1H3,(H,21,23)/t15-/m0/s1. The van der Waals surface area contributed by atoms with E-state index >= 15 is 0 Å². The maximum absolute atomic E-state index is 12.4. The predicted octanol–water partition coefficient (Wildman–Crippen LogP) is 4.14. The second-order valence-electron chi connectivity index (χ2n) is 5.12. The molecule has 1 atom stereocenters. The highest BCUT2D eigenvalue weighted by Gasteiger charge is 2.34. The van der Waals surface area contributed by atoms with Crippen LogP contribution in [0.3, 0.4) is 0 Å². The molecule has 0 aliphatic heterocycles. The zero-order valence-corrected chi connectivity index (χ0v) is 15.7. The highest BCUT2D eigenvalue weighted by molar-refractivity contribution is 6.68. The Bertz CT molecular complexity index is 777. The minimum absolute atomic E-state index is 0.129. The first-order valence-corrected chi connectivity index (χ1v) is 8.36. The molecule has 26 heavy (non-hydrogen) atoms. The fraction of sp³-hybridized carbons (Fsp3) is 0.188. The van der Waals surface area contributed by atoms with Crippen molar-refractivity contribution < 1.29 is 14.5 Å². The number of non-ortho nitro benzene ring substituents is 1. The molecule has 1 amide bonds. The molecule has 0 unspecified atom stereocenters. The van der Waals surface area contributed by atoms with Crippen LogP contribution in [0.4, 0.5) is 11.4 Å². The van der Waals surface area contributed by atoms with E-state index in [1.54, 1.807) is 24.3 Å². The Labute approximate surface area is 164 Å². The normalized spacial score (nSPS) is 12.2. The van der Waals surface area contributed by atoms with Crippen LogP contribution in [0.5, 0.6) is 5.75 Å². The Morgan fingerprint density at radius 2 is 1.69 bits per heavy atom. The van der Waals surface area contributed by atoms with Gasteiger partial charge in [0, 0.05) is 23.4 Å². The monoisotopic (exact) mass is 417 g/mol. The summed E-state index contributed by atoms with van der Waals surface area (Å²) in [6.45, 7) is 0. The molecule has 10 heteroatoms. The van der Waals surface area contributed by atoms with Crippen molar-refractivity contribution in [3.8, 4) is 5.75 Å². The summed E-state index contributed by atoms with van der Waals surface area (Å²) < 4.78 is 3.22. The van der Waals surface area contributed by atoms with Crippen LogP contribution < -0.4 is 15.4 Å². The highest BCUT2D eigenvalue weighted by Crippen LogP contribution is 2.31. The summed E-state index contributed by atoms with van der Waals surface area (Å²) in [4.78, 5) is 22.5. The molecule has 0 aromatic heterocycles. The molecule has 0 bridgehead atoms. The summed E-state index contributed by atoms with van der Waals surface area (Å²) in [6.07, 6.45) is -1.05. The maximum atomic E-state index is 12.4. The molecule has 0 fully saturated rings. The fourth-order valence-corrected chi connectivity index (χ4v) is 2.33. The Morgan fingerprint density at radius 3 is 2.15 bits per heavy atom. The number of hydrogen-bond acceptors (Lipinski definition) is 5. The maximum Gasteiger partial charge on any atom is 0.269 e. The van der Waals surface area contributed by atoms with E-state index in [0.29, 0.717) is 11.4 Å². The molecule has 2 aromatic rings. The number of methoxy groups -OCH3 is 1. The number of carbonyl (C=O) groups excluding carboxylic acids is 1. The number of benzene rings is 2. The van der Waals surface area contributed by atoms with Crippen molar-refractivity contribution in [1.29, 1.82) is 0 Å². The largest absolute Gasteiger partial charge is 0.497 e. The van der Waals surface area contributed by atoms with Gasteiger partial charge in [-0.3, -0.25) is 14.9 Å². The smallest absolute Gasteiger partial charge is 0.269 e. The Hall–Kier alpha value is -2.22. The molecule has 0 aliphatic rings. The van der Waals surface area contributed by atoms with Crippen LogP contribution in [0.2, 0.25) is 0 Å². The number of alkyl halides is 3. The summed E-state index contributed by atoms with van der Waals surface area (Å²) in [5.41, 5.74) is 0.647. The summed E-state index contributed by atoms with van der Waals surface area (Å²) in [5.74, 6) is 0.0909. The van der Waals surface area contributed by atoms with E-state index in [4.69, 9.17) is 39.5 Å². The van der Waals surface area contributed by atoms with Gasteiger partial charge in [-0.05, 0) is 36.4 Å². The number of nitro benzene ring substituents is 1. The number of amides is 1. The van der Waals surface area contributed by atoms with Crippen molar-refractivity contribution in [1.82, 2.24) is 5.32 Å². The topological polar surface area (TPSA) is 93.5 Å². The third kappa shape index (κ3) is 5.39. The second kappa shape index (κ2) is 8.44. The van der Waals surface area contributed by atoms with E-state index < -0.39 is 20.8 Å². The third-order valence-corrected chi connectivity index (χ3v) is 4.00. The fourth-order valence-electron chi connectivity index (χ4n) is 2.00. The van der Waals surface area contributed by atoms with Crippen molar-refractivity contribution in [3.63, 3.8) is 0 Å². The predicted molar refractivity (Wildman–Crippen MR) is 101 cm³/mol. The molecule has 0 radical (unpaired) electrons. The number of carbonyl (C=O) groups is 1. The molecule has 0 aliphatic carbocycles. The number of nitrogens with one attached hydrogen (secondary N) is 2. The van der Waals surface area contributed by atoms with Crippen LogP contribution in [0.15, 0.2) is 48.5 Å². The summed E-state index contributed by atoms with van der Waals surface area (Å²) in [7, 11) is 1.54. The lowest BCUT2D eigenvalue weighted by Crippen LogP contribution is -2.49. The molecule has 2 aromatic carbocycles. The van der Waals surface area contributed by atoms with Gasteiger partial charge in [0.2, 0.25) is 3.79 Å². The minimum atomic E-state index is -1.85. The molecule has 0 saturated heterocycles. The first kappa shape index (κ1) is 20.1. The van der Waals surface area contributed by atoms with E-state index in [1.165, 1.54) is 31.4 Å². The van der Waals surface area contributed by atoms with Gasteiger partial charge in [0.05, 0.1) is 12.0 Å². The molecule has 0 heterocycles. The molecule has 2 N–H and O–H groups in total. The number of halogens is 3. The van der Waals surface area contributed by atoms with Gasteiger partial charge in [-0.25, -0.2) is 0 Å². The third-order valence-electron chi connectivity index (χ3n) is 3.34. The van der Waals surface area contributed by atoms with E-state index in [0.717, 1.165) is 0 Å². The lowest BCUT2D eigenvalue weighted by Gasteiger charge is -2.27. The van der Waals surface area contributed by atoms with E-state index in [9.17, 15) is 14.9 Å². The van der Waals surface area contributed by atoms with Crippen LogP contribution in [-0.2, 0) is 0 Å². The van der Waals surface area contributed by atoms with Crippen LogP contribution in [0, 0.1) is 10.1 Å². The number of nitro groups is 1. The van der Waals surface area contributed by atoms with E-state index in [1.807, 2.05) is 0 Å². The lowest BCUT2D eigenvalue weighted by atomic mass is 10.2. The Balaban J connectivity index is 2.13. The highest BCUT2D eigenvalue weighted by atomic mass is 35.6. The average Bonchev–Trinajstić information content (AvgIpc) is 2.61. The molecule has 7 nitrogen and oxygen atoms in total. The number of rotatable bonds is 6. The first-order chi connectivity index (χ1) is 12.2. The zero-order valence-electron chi connectivity index (χ0n) is 13.4. The van der Waals surface area contributed by atoms with Gasteiger partial charge < -0.3 is 15.4 Å². The number of ether oxygens (including phenoxy) is 1. The Kier molecular flexibility index (Phi) is 6.52. The van der Waals surface area contributed by atoms with Crippen molar-refractivity contribution in [3.05, 3.63) is 64.2 Å². The molecule has 138 valence electrons. The average molecular weight is 419 g/mol. The zero-order chi connectivity index (χ0) is 19.3. The van der Waals surface area contributed by atoms with Crippen molar-refractivity contribution in [2.75, 3.05) is 12.4 Å². The van der Waals surface area contributed by atoms with Gasteiger partial charge in [0.15, 0.2) is 0 Å². The summed E-state index contributed by atoms with van der Waals surface area (Å²) in [6, 6.07) is 11.9. The first-order valence-electron chi connectivity index (χ1n) is 7.23. The van der Waals surface area contributed by atoms with Crippen LogP contribution in [0.1, 0.15) is 10.4 Å². The second-order valence-corrected chi connectivity index (χ2v) is 7.49. The summed E-state index contributed by atoms with van der Waals surface area (Å²) >= 11 is 17.8. The molecule has 0 spiro atoms. The van der Waals surface area contributed by atoms with Crippen LogP contribution in [0.25, 0.3) is 0 Å². The van der Waals surface area contributed by atoms with Gasteiger partial charge in [-0.2, -0.15) is 0 Å². The molecular formula is C16H14Cl3N3O4. The molecular weight excluding hydrogens is 405 g/mol. The Morgan fingerprint density at radius 1 is 1.12 bits per heavy atom. The van der Waals surface area contributed by atoms with Gasteiger partial charge in [-0.15, -0.1) is 0 Å². The van der Waals surface area contributed by atoms with Crippen molar-refractivity contribution in [2.24, 2.45) is 0 Å². The SMILES string of the molecule is COc1ccc(N[C@@H](NC(=O)c2ccc([N+](=O)[O-])cc2)C(Cl)(Cl)Cl)cc1. The van der Waals surface area contributed by atoms with Gasteiger partial charge >= 0.3 is 0 Å². The van der Waals surface area contributed by atoms with E-state index in [2.05, 4.69) is 10.6 Å². The van der Waals surface area contributed by atoms with Gasteiger partial charge in [-0.1, -0.05) is 34.8 Å². The number of hydrogen-bond donors (Lipinski definition) is 2. The van der Waals surface area contributed by atoms with Gasteiger partial charge in [0.1, 0.15) is 11.9 Å². The van der Waals surface area contributed by atoms with Crippen LogP contribution in [-0.4, -0.2) is 27.9 Å². The quantitative estimate of drug-likeness (QED) is 0.318. The lowest BCUT2D eigenvalue weighted by molar-refractivity contribution is -0.384. The van der Waals surface area contributed by atoms with Crippen molar-refractivity contribution >= 4 is 52.1 Å². The number of nitrogens with zero attached hydrogens (tertiary/aromatic N) is 1. The van der Waals surface area contributed by atoms with Gasteiger partial charge in [0.25, 0.3) is 11.6 Å².